The van der Waals surface area contributed by atoms with Crippen molar-refractivity contribution in [1.29, 1.82) is 0 Å². The van der Waals surface area contributed by atoms with E-state index in [0.717, 1.165) is 22.0 Å². The van der Waals surface area contributed by atoms with Gasteiger partial charge in [0.15, 0.2) is 16.6 Å². The van der Waals surface area contributed by atoms with Gasteiger partial charge in [0.25, 0.3) is 0 Å². The van der Waals surface area contributed by atoms with Gasteiger partial charge < -0.3 is 9.47 Å². The van der Waals surface area contributed by atoms with Crippen LogP contribution in [0.3, 0.4) is 0 Å². The molecule has 0 unspecified atom stereocenters. The molecule has 1 aliphatic heterocycles. The molecule has 1 aromatic heterocycles. The normalized spacial score (nSPS) is 13.6. The Labute approximate surface area is 171 Å². The number of thiazole rings is 1. The summed E-state index contributed by atoms with van der Waals surface area (Å²) in [6.45, 7) is 1.01. The molecule has 0 saturated heterocycles. The SMILES string of the molecule is CS(=O)(=O)Nc1ccc(/C=C/C(=O)Nc2nc3cc4c(cc3s2)OCCO4)cc1. The number of amides is 1. The second-order valence-corrected chi connectivity index (χ2v) is 9.08. The van der Waals surface area contributed by atoms with E-state index < -0.39 is 10.0 Å². The second kappa shape index (κ2) is 7.72. The zero-order valence-corrected chi connectivity index (χ0v) is 17.0. The lowest BCUT2D eigenvalue weighted by atomic mass is 10.2. The van der Waals surface area contributed by atoms with Crippen LogP contribution in [-0.2, 0) is 14.8 Å². The molecule has 2 N–H and O–H groups in total. The Morgan fingerprint density at radius 2 is 1.83 bits per heavy atom. The van der Waals surface area contributed by atoms with Crippen molar-refractivity contribution in [1.82, 2.24) is 4.98 Å². The van der Waals surface area contributed by atoms with E-state index in [9.17, 15) is 13.2 Å². The first-order chi connectivity index (χ1) is 13.9. The van der Waals surface area contributed by atoms with Crippen molar-refractivity contribution in [3.8, 4) is 11.5 Å². The summed E-state index contributed by atoms with van der Waals surface area (Å²) >= 11 is 1.35. The van der Waals surface area contributed by atoms with Gasteiger partial charge in [0.1, 0.15) is 13.2 Å². The Morgan fingerprint density at radius 1 is 1.14 bits per heavy atom. The molecule has 0 atom stereocenters. The summed E-state index contributed by atoms with van der Waals surface area (Å²) in [5, 5.41) is 3.22. The molecule has 29 heavy (non-hydrogen) atoms. The first-order valence-electron chi connectivity index (χ1n) is 8.63. The van der Waals surface area contributed by atoms with Crippen LogP contribution in [0.2, 0.25) is 0 Å². The molecule has 0 aliphatic carbocycles. The van der Waals surface area contributed by atoms with Gasteiger partial charge in [-0.15, -0.1) is 0 Å². The van der Waals surface area contributed by atoms with Gasteiger partial charge in [-0.05, 0) is 23.8 Å². The molecule has 0 bridgehead atoms. The van der Waals surface area contributed by atoms with Crippen LogP contribution in [0.4, 0.5) is 10.8 Å². The lowest BCUT2D eigenvalue weighted by Gasteiger charge is -2.17. The number of nitrogens with zero attached hydrogens (tertiary/aromatic N) is 1. The van der Waals surface area contributed by atoms with Gasteiger partial charge in [-0.2, -0.15) is 0 Å². The molecule has 1 amide bonds. The number of sulfonamides is 1. The van der Waals surface area contributed by atoms with Gasteiger partial charge in [0.05, 0.1) is 16.5 Å². The van der Waals surface area contributed by atoms with Crippen molar-refractivity contribution in [3.63, 3.8) is 0 Å². The fourth-order valence-electron chi connectivity index (χ4n) is 2.71. The monoisotopic (exact) mass is 431 g/mol. The summed E-state index contributed by atoms with van der Waals surface area (Å²) in [4.78, 5) is 16.6. The van der Waals surface area contributed by atoms with Gasteiger partial charge >= 0.3 is 0 Å². The first-order valence-corrected chi connectivity index (χ1v) is 11.3. The van der Waals surface area contributed by atoms with E-state index in [1.807, 2.05) is 6.07 Å². The van der Waals surface area contributed by atoms with E-state index in [2.05, 4.69) is 15.0 Å². The molecule has 1 aliphatic rings. The third kappa shape index (κ3) is 4.84. The summed E-state index contributed by atoms with van der Waals surface area (Å²) in [6, 6.07) is 10.3. The van der Waals surface area contributed by atoms with Crippen LogP contribution in [-0.4, -0.2) is 38.8 Å². The Balaban J connectivity index is 1.42. The van der Waals surface area contributed by atoms with Crippen molar-refractivity contribution >= 4 is 54.4 Å². The number of ether oxygens (including phenoxy) is 2. The quantitative estimate of drug-likeness (QED) is 0.601. The molecule has 0 spiro atoms. The third-order valence-corrected chi connectivity index (χ3v) is 5.46. The zero-order valence-electron chi connectivity index (χ0n) is 15.3. The number of nitrogens with one attached hydrogen (secondary N) is 2. The number of hydrogen-bond acceptors (Lipinski definition) is 7. The summed E-state index contributed by atoms with van der Waals surface area (Å²) in [5.74, 6) is 1.01. The highest BCUT2D eigenvalue weighted by Gasteiger charge is 2.15. The Morgan fingerprint density at radius 3 is 2.52 bits per heavy atom. The number of carbonyl (C=O) groups excluding carboxylic acids is 1. The molecular weight excluding hydrogens is 414 g/mol. The number of rotatable bonds is 5. The van der Waals surface area contributed by atoms with E-state index >= 15 is 0 Å². The van der Waals surface area contributed by atoms with Crippen LogP contribution >= 0.6 is 11.3 Å². The lowest BCUT2D eigenvalue weighted by molar-refractivity contribution is -0.111. The van der Waals surface area contributed by atoms with E-state index in [4.69, 9.17) is 9.47 Å². The van der Waals surface area contributed by atoms with Gasteiger partial charge in [0, 0.05) is 23.9 Å². The van der Waals surface area contributed by atoms with Crippen LogP contribution in [0.1, 0.15) is 5.56 Å². The van der Waals surface area contributed by atoms with Crippen molar-refractivity contribution in [3.05, 3.63) is 48.0 Å². The highest BCUT2D eigenvalue weighted by molar-refractivity contribution is 7.92. The van der Waals surface area contributed by atoms with Gasteiger partial charge in [-0.1, -0.05) is 23.5 Å². The van der Waals surface area contributed by atoms with E-state index in [1.165, 1.54) is 17.4 Å². The molecule has 0 fully saturated rings. The zero-order chi connectivity index (χ0) is 20.4. The highest BCUT2D eigenvalue weighted by Crippen LogP contribution is 2.37. The second-order valence-electron chi connectivity index (χ2n) is 6.30. The van der Waals surface area contributed by atoms with Gasteiger partial charge in [-0.25, -0.2) is 13.4 Å². The summed E-state index contributed by atoms with van der Waals surface area (Å²) in [7, 11) is -3.32. The standard InChI is InChI=1S/C19H17N3O5S2/c1-29(24,25)22-13-5-2-12(3-6-13)4-7-18(23)21-19-20-14-10-15-16(11-17(14)28-19)27-9-8-26-15/h2-7,10-11,22H,8-9H2,1H3,(H,20,21,23)/b7-4+. The number of hydrogen-bond donors (Lipinski definition) is 2. The summed E-state index contributed by atoms with van der Waals surface area (Å²) in [6.07, 6.45) is 4.11. The molecule has 3 aromatic rings. The molecule has 0 radical (unpaired) electrons. The van der Waals surface area contributed by atoms with E-state index in [0.29, 0.717) is 35.5 Å². The maximum absolute atomic E-state index is 12.2. The molecule has 10 heteroatoms. The Bertz CT molecular complexity index is 1160. The van der Waals surface area contributed by atoms with Crippen LogP contribution in [0.15, 0.2) is 42.5 Å². The number of anilines is 2. The van der Waals surface area contributed by atoms with Crippen molar-refractivity contribution in [2.24, 2.45) is 0 Å². The van der Waals surface area contributed by atoms with Crippen LogP contribution in [0.25, 0.3) is 16.3 Å². The smallest absolute Gasteiger partial charge is 0.250 e. The first kappa shape index (κ1) is 19.2. The molecule has 4 rings (SSSR count). The lowest BCUT2D eigenvalue weighted by Crippen LogP contribution is -2.15. The number of aromatic nitrogens is 1. The number of carbonyl (C=O) groups is 1. The largest absolute Gasteiger partial charge is 0.486 e. The average molecular weight is 431 g/mol. The maximum atomic E-state index is 12.2. The predicted octanol–water partition coefficient (Wildman–Crippen LogP) is 3.09. The maximum Gasteiger partial charge on any atom is 0.250 e. The topological polar surface area (TPSA) is 107 Å². The highest BCUT2D eigenvalue weighted by atomic mass is 32.2. The predicted molar refractivity (Wildman–Crippen MR) is 113 cm³/mol. The summed E-state index contributed by atoms with van der Waals surface area (Å²) < 4.78 is 36.8. The Hall–Kier alpha value is -3.11. The molecule has 2 heterocycles. The molecule has 8 nitrogen and oxygen atoms in total. The minimum atomic E-state index is -3.32. The average Bonchev–Trinajstić information content (AvgIpc) is 3.05. The van der Waals surface area contributed by atoms with E-state index in [-0.39, 0.29) is 5.91 Å². The Kier molecular flexibility index (Phi) is 5.12. The summed E-state index contributed by atoms with van der Waals surface area (Å²) in [5.41, 5.74) is 1.94. The fourth-order valence-corrected chi connectivity index (χ4v) is 4.16. The van der Waals surface area contributed by atoms with Gasteiger partial charge in [0.2, 0.25) is 15.9 Å². The van der Waals surface area contributed by atoms with E-state index in [1.54, 1.807) is 36.4 Å². The van der Waals surface area contributed by atoms with Crippen molar-refractivity contribution in [2.75, 3.05) is 29.5 Å². The minimum Gasteiger partial charge on any atom is -0.486 e. The molecular formula is C19H17N3O5S2. The van der Waals surface area contributed by atoms with Crippen LogP contribution in [0.5, 0.6) is 11.5 Å². The number of benzene rings is 2. The third-order valence-electron chi connectivity index (χ3n) is 3.92. The minimum absolute atomic E-state index is 0.320. The van der Waals surface area contributed by atoms with Crippen molar-refractivity contribution < 1.29 is 22.7 Å². The fraction of sp³-hybridized carbons (Fsp3) is 0.158. The molecule has 2 aromatic carbocycles. The van der Waals surface area contributed by atoms with Crippen LogP contribution < -0.4 is 19.5 Å². The molecule has 0 saturated carbocycles. The van der Waals surface area contributed by atoms with Crippen LogP contribution in [0, 0.1) is 0 Å². The number of fused-ring (bicyclic) bond motifs is 2. The van der Waals surface area contributed by atoms with Gasteiger partial charge in [-0.3, -0.25) is 14.8 Å². The van der Waals surface area contributed by atoms with Crippen molar-refractivity contribution in [2.45, 2.75) is 0 Å². The molecule has 150 valence electrons.